The minimum absolute atomic E-state index is 0.0298. The van der Waals surface area contributed by atoms with E-state index >= 15 is 0 Å². The van der Waals surface area contributed by atoms with E-state index in [0.29, 0.717) is 24.2 Å². The number of rotatable bonds is 5. The number of halogens is 1. The molecule has 0 bridgehead atoms. The molecule has 1 aliphatic rings. The summed E-state index contributed by atoms with van der Waals surface area (Å²) in [5.74, 6) is -2.00. The van der Waals surface area contributed by atoms with Crippen LogP contribution in [0.2, 0.25) is 0 Å². The van der Waals surface area contributed by atoms with Gasteiger partial charge in [-0.3, -0.25) is 14.4 Å². The lowest BCUT2D eigenvalue weighted by molar-refractivity contribution is -0.127. The topological polar surface area (TPSA) is 138 Å². The van der Waals surface area contributed by atoms with Crippen molar-refractivity contribution in [3.63, 3.8) is 0 Å². The zero-order valence-electron chi connectivity index (χ0n) is 18.5. The normalized spacial score (nSPS) is 13.9. The van der Waals surface area contributed by atoms with Crippen LogP contribution in [0.15, 0.2) is 53.2 Å². The molecule has 0 spiro atoms. The van der Waals surface area contributed by atoms with E-state index in [0.717, 1.165) is 0 Å². The Balaban J connectivity index is 1.35. The van der Waals surface area contributed by atoms with Crippen molar-refractivity contribution in [2.45, 2.75) is 6.54 Å². The van der Waals surface area contributed by atoms with Gasteiger partial charge in [-0.15, -0.1) is 0 Å². The molecule has 1 aliphatic heterocycles. The van der Waals surface area contributed by atoms with Gasteiger partial charge in [0.2, 0.25) is 11.7 Å². The Morgan fingerprint density at radius 2 is 1.74 bits per heavy atom. The van der Waals surface area contributed by atoms with E-state index in [1.807, 2.05) is 6.07 Å². The van der Waals surface area contributed by atoms with Gasteiger partial charge in [0.15, 0.2) is 0 Å². The number of aromatic amines is 1. The number of piperazine rings is 1. The molecule has 11 heteroatoms. The second-order valence-corrected chi connectivity index (χ2v) is 8.04. The smallest absolute Gasteiger partial charge is 0.295 e. The van der Waals surface area contributed by atoms with Crippen LogP contribution in [-0.2, 0) is 11.3 Å². The summed E-state index contributed by atoms with van der Waals surface area (Å²) >= 11 is 0. The SMILES string of the molecule is NCc1nc(-c2ccc(F)c3c(C(=O)C(=O)N4CCN(C(=O)c5ccccc5)CC4)c[nH]c23)no1. The lowest BCUT2D eigenvalue weighted by atomic mass is 10.0. The molecule has 3 N–H and O–H groups in total. The van der Waals surface area contributed by atoms with Crippen LogP contribution in [-0.4, -0.2) is 68.7 Å². The highest BCUT2D eigenvalue weighted by Crippen LogP contribution is 2.31. The number of fused-ring (bicyclic) bond motifs is 1. The summed E-state index contributed by atoms with van der Waals surface area (Å²) in [6, 6.07) is 11.5. The Labute approximate surface area is 198 Å². The lowest BCUT2D eigenvalue weighted by Crippen LogP contribution is -2.52. The molecule has 2 aromatic heterocycles. The quantitative estimate of drug-likeness (QED) is 0.332. The van der Waals surface area contributed by atoms with Gasteiger partial charge in [0.05, 0.1) is 17.6 Å². The Kier molecular flexibility index (Phi) is 5.83. The van der Waals surface area contributed by atoms with E-state index in [9.17, 15) is 18.8 Å². The summed E-state index contributed by atoms with van der Waals surface area (Å²) in [4.78, 5) is 48.7. The first-order valence-corrected chi connectivity index (χ1v) is 11.0. The third kappa shape index (κ3) is 4.06. The number of aromatic nitrogens is 3. The van der Waals surface area contributed by atoms with E-state index in [1.165, 1.54) is 23.2 Å². The van der Waals surface area contributed by atoms with Crippen LogP contribution in [0.1, 0.15) is 26.6 Å². The number of H-pyrrole nitrogens is 1. The molecule has 35 heavy (non-hydrogen) atoms. The van der Waals surface area contributed by atoms with Crippen LogP contribution in [0.5, 0.6) is 0 Å². The minimum Gasteiger partial charge on any atom is -0.360 e. The van der Waals surface area contributed by atoms with Gasteiger partial charge in [0.25, 0.3) is 17.6 Å². The molecular weight excluding hydrogens is 455 g/mol. The number of ketones is 1. The van der Waals surface area contributed by atoms with E-state index in [4.69, 9.17) is 10.3 Å². The molecule has 1 fully saturated rings. The van der Waals surface area contributed by atoms with Gasteiger partial charge in [-0.2, -0.15) is 4.98 Å². The predicted octanol–water partition coefficient (Wildman–Crippen LogP) is 1.98. The zero-order valence-corrected chi connectivity index (χ0v) is 18.5. The minimum atomic E-state index is -0.842. The summed E-state index contributed by atoms with van der Waals surface area (Å²) in [5, 5.41) is 3.81. The van der Waals surface area contributed by atoms with Gasteiger partial charge in [-0.1, -0.05) is 23.4 Å². The number of hydrogen-bond donors (Lipinski definition) is 2. The van der Waals surface area contributed by atoms with Crippen LogP contribution in [0.25, 0.3) is 22.3 Å². The monoisotopic (exact) mass is 476 g/mol. The molecule has 0 radical (unpaired) electrons. The molecule has 3 heterocycles. The molecule has 1 saturated heterocycles. The van der Waals surface area contributed by atoms with Crippen LogP contribution < -0.4 is 5.73 Å². The number of nitrogens with zero attached hydrogens (tertiary/aromatic N) is 4. The van der Waals surface area contributed by atoms with Crippen molar-refractivity contribution in [3.8, 4) is 11.4 Å². The molecule has 0 unspecified atom stereocenters. The number of carbonyl (C=O) groups excluding carboxylic acids is 3. The number of hydrogen-bond acceptors (Lipinski definition) is 7. The molecule has 4 aromatic rings. The van der Waals surface area contributed by atoms with Crippen LogP contribution in [0.4, 0.5) is 4.39 Å². The van der Waals surface area contributed by atoms with Gasteiger partial charge in [0.1, 0.15) is 5.82 Å². The van der Waals surface area contributed by atoms with Crippen LogP contribution in [0, 0.1) is 5.82 Å². The van der Waals surface area contributed by atoms with Gasteiger partial charge in [0, 0.05) is 48.9 Å². The maximum atomic E-state index is 14.8. The second kappa shape index (κ2) is 9.11. The van der Waals surface area contributed by atoms with Crippen molar-refractivity contribution in [1.29, 1.82) is 0 Å². The molecule has 0 saturated carbocycles. The van der Waals surface area contributed by atoms with Gasteiger partial charge in [-0.05, 0) is 24.3 Å². The molecular formula is C24H21FN6O4. The van der Waals surface area contributed by atoms with E-state index < -0.39 is 17.5 Å². The Bertz CT molecular complexity index is 1420. The van der Waals surface area contributed by atoms with Crippen molar-refractivity contribution in [3.05, 3.63) is 71.5 Å². The van der Waals surface area contributed by atoms with Crippen molar-refractivity contribution < 1.29 is 23.3 Å². The van der Waals surface area contributed by atoms with E-state index in [1.54, 1.807) is 29.2 Å². The first-order valence-electron chi connectivity index (χ1n) is 11.0. The standard InChI is InChI=1S/C24H21FN6O4/c25-17-7-6-15(22-28-18(12-26)35-29-22)20-19(17)16(13-27-20)21(32)24(34)31-10-8-30(9-11-31)23(33)14-4-2-1-3-5-14/h1-7,13,27H,8-12,26H2. The number of benzene rings is 2. The predicted molar refractivity (Wildman–Crippen MR) is 123 cm³/mol. The Morgan fingerprint density at radius 3 is 2.43 bits per heavy atom. The number of amides is 2. The fourth-order valence-electron chi connectivity index (χ4n) is 4.15. The molecule has 178 valence electrons. The fourth-order valence-corrected chi connectivity index (χ4v) is 4.15. The molecule has 2 amide bonds. The third-order valence-corrected chi connectivity index (χ3v) is 5.98. The first-order chi connectivity index (χ1) is 17.0. The Hall–Kier alpha value is -4.38. The van der Waals surface area contributed by atoms with Crippen LogP contribution >= 0.6 is 0 Å². The van der Waals surface area contributed by atoms with E-state index in [-0.39, 0.29) is 53.7 Å². The van der Waals surface area contributed by atoms with Gasteiger partial charge < -0.3 is 25.0 Å². The van der Waals surface area contributed by atoms with Crippen molar-refractivity contribution in [2.75, 3.05) is 26.2 Å². The number of carbonyl (C=O) groups is 3. The van der Waals surface area contributed by atoms with Crippen molar-refractivity contribution >= 4 is 28.5 Å². The number of nitrogens with two attached hydrogens (primary N) is 1. The van der Waals surface area contributed by atoms with E-state index in [2.05, 4.69) is 15.1 Å². The van der Waals surface area contributed by atoms with Crippen molar-refractivity contribution in [2.24, 2.45) is 5.73 Å². The van der Waals surface area contributed by atoms with Gasteiger partial charge in [-0.25, -0.2) is 4.39 Å². The summed E-state index contributed by atoms with van der Waals surface area (Å²) in [5.41, 5.74) is 6.66. The number of nitrogens with one attached hydrogen (secondary N) is 1. The van der Waals surface area contributed by atoms with Crippen molar-refractivity contribution in [1.82, 2.24) is 24.9 Å². The summed E-state index contributed by atoms with van der Waals surface area (Å²) in [6.45, 7) is 1.03. The lowest BCUT2D eigenvalue weighted by Gasteiger charge is -2.34. The largest absolute Gasteiger partial charge is 0.360 e. The maximum Gasteiger partial charge on any atom is 0.295 e. The highest BCUT2D eigenvalue weighted by atomic mass is 19.1. The summed E-state index contributed by atoms with van der Waals surface area (Å²) in [7, 11) is 0. The van der Waals surface area contributed by atoms with Gasteiger partial charge >= 0.3 is 0 Å². The Morgan fingerprint density at radius 1 is 1.03 bits per heavy atom. The molecule has 5 rings (SSSR count). The first kappa shape index (κ1) is 22.4. The second-order valence-electron chi connectivity index (χ2n) is 8.04. The molecule has 0 aliphatic carbocycles. The third-order valence-electron chi connectivity index (χ3n) is 5.98. The average Bonchev–Trinajstić information content (AvgIpc) is 3.57. The molecule has 10 nitrogen and oxygen atoms in total. The van der Waals surface area contributed by atoms with Crippen LogP contribution in [0.3, 0.4) is 0 Å². The summed E-state index contributed by atoms with van der Waals surface area (Å²) in [6.07, 6.45) is 1.30. The zero-order chi connectivity index (χ0) is 24.5. The maximum absolute atomic E-state index is 14.8. The highest BCUT2D eigenvalue weighted by Gasteiger charge is 2.31. The summed E-state index contributed by atoms with van der Waals surface area (Å²) < 4.78 is 19.8. The fraction of sp³-hybridized carbons (Fsp3) is 0.208. The molecule has 0 atom stereocenters. The average molecular weight is 476 g/mol. The number of Topliss-reactive ketones (excluding diaryl/α,β-unsaturated/α-hetero) is 1. The molecule has 2 aromatic carbocycles. The highest BCUT2D eigenvalue weighted by molar-refractivity contribution is 6.45.